The number of hydrogen-bond donors (Lipinski definition) is 2. The van der Waals surface area contributed by atoms with Gasteiger partial charge in [-0.15, -0.1) is 0 Å². The van der Waals surface area contributed by atoms with Crippen LogP contribution in [0.25, 0.3) is 0 Å². The molecule has 0 aliphatic carbocycles. The van der Waals surface area contributed by atoms with Crippen molar-refractivity contribution in [3.8, 4) is 0 Å². The number of carbonyl (C=O) groups is 1. The largest absolute Gasteiger partial charge is 0.466 e. The highest BCUT2D eigenvalue weighted by atomic mass is 16.5. The molecule has 0 rings (SSSR count). The zero-order valence-electron chi connectivity index (χ0n) is 9.52. The van der Waals surface area contributed by atoms with Crippen molar-refractivity contribution >= 4 is 5.97 Å². The van der Waals surface area contributed by atoms with Gasteiger partial charge in [-0.3, -0.25) is 0 Å². The highest BCUT2D eigenvalue weighted by Gasteiger charge is 2.22. The van der Waals surface area contributed by atoms with Gasteiger partial charge in [-0.1, -0.05) is 18.2 Å². The fraction of sp³-hybridized carbons (Fsp3) is 0.545. The van der Waals surface area contributed by atoms with Crippen molar-refractivity contribution in [2.24, 2.45) is 0 Å². The molecule has 0 aromatic rings. The number of ether oxygens (including phenoxy) is 1. The summed E-state index contributed by atoms with van der Waals surface area (Å²) in [4.78, 5) is 11.0. The first-order valence-electron chi connectivity index (χ1n) is 4.66. The third-order valence-corrected chi connectivity index (χ3v) is 2.13. The van der Waals surface area contributed by atoms with E-state index in [2.05, 4.69) is 4.74 Å². The van der Waals surface area contributed by atoms with Crippen molar-refractivity contribution < 1.29 is 19.7 Å². The van der Waals surface area contributed by atoms with E-state index in [1.807, 2.05) is 0 Å². The SMILES string of the molecule is COC(=O)/C(C)=C/C=C[C@](C)(O)[C@H](C)O. The van der Waals surface area contributed by atoms with Crippen LogP contribution in [0, 0.1) is 0 Å². The Labute approximate surface area is 89.9 Å². The Bertz CT molecular complexity index is 274. The zero-order valence-corrected chi connectivity index (χ0v) is 9.52. The van der Waals surface area contributed by atoms with E-state index in [9.17, 15) is 15.0 Å². The second kappa shape index (κ2) is 5.68. The number of methoxy groups -OCH3 is 1. The third kappa shape index (κ3) is 4.76. The summed E-state index contributed by atoms with van der Waals surface area (Å²) >= 11 is 0. The number of aliphatic hydroxyl groups is 2. The van der Waals surface area contributed by atoms with Crippen molar-refractivity contribution in [3.05, 3.63) is 23.8 Å². The maximum absolute atomic E-state index is 11.0. The molecule has 0 spiro atoms. The Kier molecular flexibility index (Phi) is 5.25. The van der Waals surface area contributed by atoms with Crippen molar-refractivity contribution in [2.45, 2.75) is 32.5 Å². The molecule has 0 fully saturated rings. The van der Waals surface area contributed by atoms with Crippen molar-refractivity contribution in [1.82, 2.24) is 0 Å². The van der Waals surface area contributed by atoms with Crippen LogP contribution in [0.5, 0.6) is 0 Å². The molecule has 0 bridgehead atoms. The maximum atomic E-state index is 11.0. The van der Waals surface area contributed by atoms with Crippen LogP contribution < -0.4 is 0 Å². The summed E-state index contributed by atoms with van der Waals surface area (Å²) in [6.45, 7) is 4.57. The predicted molar refractivity (Wildman–Crippen MR) is 57.2 cm³/mol. The minimum Gasteiger partial charge on any atom is -0.466 e. The van der Waals surface area contributed by atoms with Gasteiger partial charge in [0.25, 0.3) is 0 Å². The van der Waals surface area contributed by atoms with E-state index in [1.165, 1.54) is 39.2 Å². The minimum atomic E-state index is -1.30. The summed E-state index contributed by atoms with van der Waals surface area (Å²) in [6, 6.07) is 0. The van der Waals surface area contributed by atoms with E-state index in [-0.39, 0.29) is 0 Å². The standard InChI is InChI=1S/C11H18O4/c1-8(10(13)15-4)6-5-7-11(3,14)9(2)12/h5-7,9,12,14H,1-4H3/b7-5?,8-6+/t9-,11-/m0/s1. The monoisotopic (exact) mass is 214 g/mol. The Balaban J connectivity index is 4.50. The maximum Gasteiger partial charge on any atom is 0.333 e. The topological polar surface area (TPSA) is 66.8 Å². The van der Waals surface area contributed by atoms with Crippen LogP contribution in [0.1, 0.15) is 20.8 Å². The van der Waals surface area contributed by atoms with Crippen LogP contribution in [0.3, 0.4) is 0 Å². The molecule has 4 nitrogen and oxygen atoms in total. The van der Waals surface area contributed by atoms with Crippen molar-refractivity contribution in [2.75, 3.05) is 7.11 Å². The molecule has 15 heavy (non-hydrogen) atoms. The molecule has 0 aromatic carbocycles. The van der Waals surface area contributed by atoms with Gasteiger partial charge in [-0.2, -0.15) is 0 Å². The molecule has 0 heterocycles. The smallest absolute Gasteiger partial charge is 0.333 e. The van der Waals surface area contributed by atoms with E-state index in [4.69, 9.17) is 0 Å². The van der Waals surface area contributed by atoms with Crippen LogP contribution in [0.15, 0.2) is 23.8 Å². The lowest BCUT2D eigenvalue weighted by Gasteiger charge is -2.21. The van der Waals surface area contributed by atoms with Gasteiger partial charge in [0.2, 0.25) is 0 Å². The summed E-state index contributed by atoms with van der Waals surface area (Å²) in [7, 11) is 1.30. The molecular formula is C11H18O4. The lowest BCUT2D eigenvalue weighted by atomic mass is 10.00. The van der Waals surface area contributed by atoms with E-state index in [0.29, 0.717) is 5.57 Å². The number of rotatable bonds is 4. The van der Waals surface area contributed by atoms with E-state index in [0.717, 1.165) is 0 Å². The van der Waals surface area contributed by atoms with Gasteiger partial charge in [0, 0.05) is 5.57 Å². The molecule has 0 aliphatic rings. The van der Waals surface area contributed by atoms with E-state index < -0.39 is 17.7 Å². The Hall–Kier alpha value is -1.13. The van der Waals surface area contributed by atoms with Gasteiger partial charge in [-0.25, -0.2) is 4.79 Å². The second-order valence-corrected chi connectivity index (χ2v) is 3.60. The molecule has 0 saturated carbocycles. The van der Waals surface area contributed by atoms with Crippen LogP contribution in [0.4, 0.5) is 0 Å². The van der Waals surface area contributed by atoms with Gasteiger partial charge in [-0.05, 0) is 20.8 Å². The highest BCUT2D eigenvalue weighted by Crippen LogP contribution is 2.11. The quantitative estimate of drug-likeness (QED) is 0.412. The van der Waals surface area contributed by atoms with E-state index >= 15 is 0 Å². The zero-order chi connectivity index (χ0) is 12.1. The summed E-state index contributed by atoms with van der Waals surface area (Å²) < 4.78 is 4.49. The fourth-order valence-corrected chi connectivity index (χ4v) is 0.756. The molecule has 0 aromatic heterocycles. The first kappa shape index (κ1) is 13.9. The van der Waals surface area contributed by atoms with Gasteiger partial charge >= 0.3 is 5.97 Å². The lowest BCUT2D eigenvalue weighted by molar-refractivity contribution is -0.136. The third-order valence-electron chi connectivity index (χ3n) is 2.13. The molecule has 0 amide bonds. The van der Waals surface area contributed by atoms with Crippen LogP contribution >= 0.6 is 0 Å². The summed E-state index contributed by atoms with van der Waals surface area (Å²) in [6.07, 6.45) is 3.58. The molecule has 86 valence electrons. The predicted octanol–water partition coefficient (Wildman–Crippen LogP) is 0.794. The van der Waals surface area contributed by atoms with E-state index in [1.54, 1.807) is 6.92 Å². The second-order valence-electron chi connectivity index (χ2n) is 3.60. The first-order chi connectivity index (χ1) is 6.81. The molecule has 0 unspecified atom stereocenters. The highest BCUT2D eigenvalue weighted by molar-refractivity contribution is 5.87. The van der Waals surface area contributed by atoms with Gasteiger partial charge in [0.15, 0.2) is 0 Å². The fourth-order valence-electron chi connectivity index (χ4n) is 0.756. The average Bonchev–Trinajstić information content (AvgIpc) is 2.15. The van der Waals surface area contributed by atoms with Crippen LogP contribution in [0.2, 0.25) is 0 Å². The molecule has 2 N–H and O–H groups in total. The lowest BCUT2D eigenvalue weighted by Crippen LogP contribution is -2.34. The number of aliphatic hydroxyl groups excluding tert-OH is 1. The van der Waals surface area contributed by atoms with Crippen molar-refractivity contribution in [1.29, 1.82) is 0 Å². The Morgan fingerprint density at radius 2 is 2.07 bits per heavy atom. The number of esters is 1. The normalized spacial score (nSPS) is 18.7. The summed E-state index contributed by atoms with van der Waals surface area (Å²) in [5, 5.41) is 18.8. The van der Waals surface area contributed by atoms with Crippen LogP contribution in [-0.2, 0) is 9.53 Å². The Morgan fingerprint density at radius 3 is 2.47 bits per heavy atom. The average molecular weight is 214 g/mol. The summed E-state index contributed by atoms with van der Waals surface area (Å²) in [5.74, 6) is -0.420. The first-order valence-corrected chi connectivity index (χ1v) is 4.66. The minimum absolute atomic E-state index is 0.420. The Morgan fingerprint density at radius 1 is 1.53 bits per heavy atom. The van der Waals surface area contributed by atoms with Gasteiger partial charge in [0.1, 0.15) is 5.60 Å². The van der Waals surface area contributed by atoms with Gasteiger partial charge < -0.3 is 14.9 Å². The summed E-state index contributed by atoms with van der Waals surface area (Å²) in [5.41, 5.74) is -0.873. The molecule has 2 atom stereocenters. The molecule has 0 radical (unpaired) electrons. The molecule has 4 heteroatoms. The number of allylic oxidation sites excluding steroid dienone is 2. The van der Waals surface area contributed by atoms with Crippen molar-refractivity contribution in [3.63, 3.8) is 0 Å². The molecule has 0 aliphatic heterocycles. The molecular weight excluding hydrogens is 196 g/mol. The number of carbonyl (C=O) groups excluding carboxylic acids is 1. The van der Waals surface area contributed by atoms with Crippen LogP contribution in [-0.4, -0.2) is 35.0 Å². The number of hydrogen-bond acceptors (Lipinski definition) is 4. The molecule has 0 saturated heterocycles. The van der Waals surface area contributed by atoms with Gasteiger partial charge in [0.05, 0.1) is 13.2 Å².